The van der Waals surface area contributed by atoms with Crippen LogP contribution in [0.5, 0.6) is 17.4 Å². The Kier molecular flexibility index (Phi) is 10.6. The number of para-hydroxylation sites is 1. The highest BCUT2D eigenvalue weighted by molar-refractivity contribution is 5.44. The summed E-state index contributed by atoms with van der Waals surface area (Å²) in [5, 5.41) is 15.6. The van der Waals surface area contributed by atoms with E-state index < -0.39 is 0 Å². The predicted molar refractivity (Wildman–Crippen MR) is 139 cm³/mol. The van der Waals surface area contributed by atoms with Crippen LogP contribution in [0.1, 0.15) is 44.4 Å². The van der Waals surface area contributed by atoms with Gasteiger partial charge in [0, 0.05) is 32.8 Å². The number of benzene rings is 2. The number of unbranched alkanes of at least 4 members (excludes halogenated alkanes) is 1. The Morgan fingerprint density at radius 3 is 2.49 bits per heavy atom. The Morgan fingerprint density at radius 1 is 1.03 bits per heavy atom. The zero-order valence-corrected chi connectivity index (χ0v) is 21.4. The Bertz CT molecular complexity index is 1020. The van der Waals surface area contributed by atoms with E-state index in [1.807, 2.05) is 59.3 Å². The summed E-state index contributed by atoms with van der Waals surface area (Å²) in [7, 11) is 3.35. The molecule has 7 heteroatoms. The largest absolute Gasteiger partial charge is 0.497 e. The number of aliphatic hydroxyl groups excluding tert-OH is 1. The van der Waals surface area contributed by atoms with Crippen LogP contribution < -0.4 is 9.47 Å². The van der Waals surface area contributed by atoms with E-state index in [9.17, 15) is 5.11 Å². The van der Waals surface area contributed by atoms with Crippen LogP contribution in [0.4, 0.5) is 0 Å². The van der Waals surface area contributed by atoms with E-state index >= 15 is 0 Å². The number of nitrogens with zero attached hydrogens (tertiary/aromatic N) is 3. The standard InChI is InChI=1S/C28H39N3O4/c1-5-7-14-23(32)20-30(17-18-33-3)21-26-27(6-2)29-31(22-12-9-8-10-13-22)28(26)35-25-16-11-15-24(19-25)34-4/h8-13,15-16,19,23,32H,5-7,14,17-18,20-21H2,1-4H3. The van der Waals surface area contributed by atoms with Gasteiger partial charge in [0.2, 0.25) is 5.88 Å². The summed E-state index contributed by atoms with van der Waals surface area (Å²) in [6.07, 6.45) is 3.24. The zero-order chi connectivity index (χ0) is 25.0. The van der Waals surface area contributed by atoms with Crippen LogP contribution in [0.2, 0.25) is 0 Å². The molecule has 0 fully saturated rings. The third-order valence-electron chi connectivity index (χ3n) is 5.96. The molecule has 3 aromatic rings. The maximum absolute atomic E-state index is 10.7. The molecule has 1 unspecified atom stereocenters. The molecular weight excluding hydrogens is 442 g/mol. The number of aryl methyl sites for hydroxylation is 1. The van der Waals surface area contributed by atoms with Crippen molar-refractivity contribution < 1.29 is 19.3 Å². The van der Waals surface area contributed by atoms with Gasteiger partial charge >= 0.3 is 0 Å². The summed E-state index contributed by atoms with van der Waals surface area (Å²) in [6, 6.07) is 17.6. The van der Waals surface area contributed by atoms with Crippen LogP contribution in [-0.2, 0) is 17.7 Å². The van der Waals surface area contributed by atoms with Gasteiger partial charge < -0.3 is 19.3 Å². The highest BCUT2D eigenvalue weighted by Gasteiger charge is 2.23. The first-order valence-corrected chi connectivity index (χ1v) is 12.5. The molecule has 7 nitrogen and oxygen atoms in total. The first-order chi connectivity index (χ1) is 17.1. The molecular formula is C28H39N3O4. The molecule has 0 saturated heterocycles. The molecule has 0 spiro atoms. The van der Waals surface area contributed by atoms with E-state index in [0.29, 0.717) is 37.9 Å². The maximum Gasteiger partial charge on any atom is 0.227 e. The summed E-state index contributed by atoms with van der Waals surface area (Å²) in [5.74, 6) is 2.08. The first-order valence-electron chi connectivity index (χ1n) is 12.5. The second kappa shape index (κ2) is 13.9. The topological polar surface area (TPSA) is 69.0 Å². The summed E-state index contributed by atoms with van der Waals surface area (Å²) < 4.78 is 19.1. The molecule has 2 aromatic carbocycles. The van der Waals surface area contributed by atoms with Crippen LogP contribution in [0.15, 0.2) is 54.6 Å². The van der Waals surface area contributed by atoms with Crippen molar-refractivity contribution in [3.63, 3.8) is 0 Å². The molecule has 1 aromatic heterocycles. The van der Waals surface area contributed by atoms with Crippen molar-refractivity contribution in [2.45, 2.75) is 52.2 Å². The number of hydrogen-bond donors (Lipinski definition) is 1. The Morgan fingerprint density at radius 2 is 1.80 bits per heavy atom. The Balaban J connectivity index is 2.00. The lowest BCUT2D eigenvalue weighted by Crippen LogP contribution is -2.34. The molecule has 0 aliphatic carbocycles. The average Bonchev–Trinajstić information content (AvgIpc) is 3.23. The van der Waals surface area contributed by atoms with Gasteiger partial charge in [0.15, 0.2) is 0 Å². The molecule has 0 aliphatic heterocycles. The minimum atomic E-state index is -0.385. The summed E-state index contributed by atoms with van der Waals surface area (Å²) in [5.41, 5.74) is 2.91. The van der Waals surface area contributed by atoms with Crippen molar-refractivity contribution >= 4 is 0 Å². The number of rotatable bonds is 15. The summed E-state index contributed by atoms with van der Waals surface area (Å²) in [4.78, 5) is 2.23. The fraction of sp³-hybridized carbons (Fsp3) is 0.464. The number of aromatic nitrogens is 2. The molecule has 0 aliphatic rings. The third kappa shape index (κ3) is 7.56. The minimum absolute atomic E-state index is 0.385. The predicted octanol–water partition coefficient (Wildman–Crippen LogP) is 5.24. The molecule has 0 saturated carbocycles. The monoisotopic (exact) mass is 481 g/mol. The van der Waals surface area contributed by atoms with E-state index in [2.05, 4.69) is 18.7 Å². The molecule has 35 heavy (non-hydrogen) atoms. The van der Waals surface area contributed by atoms with Gasteiger partial charge in [0.05, 0.1) is 36.8 Å². The van der Waals surface area contributed by atoms with Crippen molar-refractivity contribution in [2.75, 3.05) is 33.9 Å². The zero-order valence-electron chi connectivity index (χ0n) is 21.4. The molecule has 0 bridgehead atoms. The van der Waals surface area contributed by atoms with E-state index in [1.165, 1.54) is 0 Å². The van der Waals surface area contributed by atoms with Crippen LogP contribution >= 0.6 is 0 Å². The molecule has 1 heterocycles. The van der Waals surface area contributed by atoms with Crippen molar-refractivity contribution in [2.24, 2.45) is 0 Å². The maximum atomic E-state index is 10.7. The highest BCUT2D eigenvalue weighted by Crippen LogP contribution is 2.33. The van der Waals surface area contributed by atoms with Crippen molar-refractivity contribution in [3.8, 4) is 23.1 Å². The van der Waals surface area contributed by atoms with Gasteiger partial charge in [-0.1, -0.05) is 51.0 Å². The molecule has 1 N–H and O–H groups in total. The van der Waals surface area contributed by atoms with E-state index in [1.54, 1.807) is 14.2 Å². The lowest BCUT2D eigenvalue weighted by molar-refractivity contribution is 0.0786. The summed E-state index contributed by atoms with van der Waals surface area (Å²) >= 11 is 0. The SMILES string of the molecule is CCCCC(O)CN(CCOC)Cc1c(CC)nn(-c2ccccc2)c1Oc1cccc(OC)c1. The molecule has 0 radical (unpaired) electrons. The lowest BCUT2D eigenvalue weighted by atomic mass is 10.1. The van der Waals surface area contributed by atoms with Crippen LogP contribution in [0.3, 0.4) is 0 Å². The Hall–Kier alpha value is -2.87. The van der Waals surface area contributed by atoms with Gasteiger partial charge in [0.1, 0.15) is 11.5 Å². The lowest BCUT2D eigenvalue weighted by Gasteiger charge is -2.25. The van der Waals surface area contributed by atoms with Crippen molar-refractivity contribution in [1.82, 2.24) is 14.7 Å². The number of methoxy groups -OCH3 is 2. The fourth-order valence-electron chi connectivity index (χ4n) is 4.05. The number of hydrogen-bond acceptors (Lipinski definition) is 6. The van der Waals surface area contributed by atoms with Crippen molar-refractivity contribution in [1.29, 1.82) is 0 Å². The van der Waals surface area contributed by atoms with Crippen LogP contribution in [-0.4, -0.2) is 59.8 Å². The minimum Gasteiger partial charge on any atom is -0.497 e. The van der Waals surface area contributed by atoms with E-state index in [0.717, 1.165) is 48.4 Å². The fourth-order valence-corrected chi connectivity index (χ4v) is 4.05. The van der Waals surface area contributed by atoms with Gasteiger partial charge in [-0.25, -0.2) is 4.68 Å². The van der Waals surface area contributed by atoms with Gasteiger partial charge in [-0.15, -0.1) is 0 Å². The average molecular weight is 482 g/mol. The number of ether oxygens (including phenoxy) is 3. The summed E-state index contributed by atoms with van der Waals surface area (Å²) in [6.45, 7) is 6.71. The first kappa shape index (κ1) is 26.7. The van der Waals surface area contributed by atoms with Gasteiger partial charge in [0.25, 0.3) is 0 Å². The van der Waals surface area contributed by atoms with E-state index in [4.69, 9.17) is 19.3 Å². The van der Waals surface area contributed by atoms with Crippen LogP contribution in [0, 0.1) is 0 Å². The highest BCUT2D eigenvalue weighted by atomic mass is 16.5. The van der Waals surface area contributed by atoms with Gasteiger partial charge in [-0.2, -0.15) is 5.10 Å². The Labute approximate surface area is 209 Å². The quantitative estimate of drug-likeness (QED) is 0.320. The molecule has 3 rings (SSSR count). The molecule has 0 amide bonds. The normalized spacial score (nSPS) is 12.2. The van der Waals surface area contributed by atoms with Gasteiger partial charge in [-0.3, -0.25) is 4.90 Å². The third-order valence-corrected chi connectivity index (χ3v) is 5.96. The van der Waals surface area contributed by atoms with E-state index in [-0.39, 0.29) is 6.10 Å². The van der Waals surface area contributed by atoms with Gasteiger partial charge in [-0.05, 0) is 37.1 Å². The van der Waals surface area contributed by atoms with Crippen molar-refractivity contribution in [3.05, 3.63) is 65.9 Å². The second-order valence-electron chi connectivity index (χ2n) is 8.64. The number of aliphatic hydroxyl groups is 1. The molecule has 1 atom stereocenters. The second-order valence-corrected chi connectivity index (χ2v) is 8.64. The van der Waals surface area contributed by atoms with Crippen LogP contribution in [0.25, 0.3) is 5.69 Å². The smallest absolute Gasteiger partial charge is 0.227 e. The molecule has 190 valence electrons.